The highest BCUT2D eigenvalue weighted by Crippen LogP contribution is 2.07. The van der Waals surface area contributed by atoms with Crippen LogP contribution in [0.4, 0.5) is 0 Å². The van der Waals surface area contributed by atoms with Crippen LogP contribution < -0.4 is 0 Å². The van der Waals surface area contributed by atoms with Crippen LogP contribution in [0.3, 0.4) is 0 Å². The van der Waals surface area contributed by atoms with E-state index in [1.165, 1.54) is 0 Å². The van der Waals surface area contributed by atoms with Crippen LogP contribution in [0.25, 0.3) is 0 Å². The van der Waals surface area contributed by atoms with E-state index in [4.69, 9.17) is 4.42 Å². The largest absolute Gasteiger partial charge is 0.469 e. The molecule has 13 heavy (non-hydrogen) atoms. The molecule has 0 saturated carbocycles. The minimum Gasteiger partial charge on any atom is -0.469 e. The number of furan rings is 1. The number of hydrogen-bond acceptors (Lipinski definition) is 2. The third-order valence-corrected chi connectivity index (χ3v) is 1.64. The van der Waals surface area contributed by atoms with Gasteiger partial charge in [0.1, 0.15) is 5.76 Å². The molecular weight excluding hydrogens is 164 g/mol. The first-order valence-corrected chi connectivity index (χ1v) is 5.03. The molecule has 0 fully saturated rings. The van der Waals surface area contributed by atoms with Crippen molar-refractivity contribution < 1.29 is 9.52 Å². The molecule has 0 aliphatic heterocycles. The smallest absolute Gasteiger partial charge is 0.106 e. The lowest BCUT2D eigenvalue weighted by molar-refractivity contribution is 0.157. The summed E-state index contributed by atoms with van der Waals surface area (Å²) in [6, 6.07) is 3.73. The molecule has 2 heteroatoms. The average molecular weight is 184 g/mol. The molecule has 1 heterocycles. The van der Waals surface area contributed by atoms with Gasteiger partial charge in [0.2, 0.25) is 0 Å². The third-order valence-electron chi connectivity index (χ3n) is 1.64. The highest BCUT2D eigenvalue weighted by Gasteiger charge is 2.05. The number of hydrogen-bond donors (Lipinski definition) is 1. The first-order valence-electron chi connectivity index (χ1n) is 5.03. The standard InChI is InChI=1S/C9H14O2.C2H6/c1-2-4-8(10)7-9-5-3-6-11-9;1-2/h3,5-6,8,10H,2,4,7H2,1H3;1-2H3. The second-order valence-corrected chi connectivity index (χ2v) is 2.73. The van der Waals surface area contributed by atoms with Crippen molar-refractivity contribution in [2.45, 2.75) is 46.1 Å². The fourth-order valence-corrected chi connectivity index (χ4v) is 1.10. The van der Waals surface area contributed by atoms with Crippen LogP contribution in [-0.4, -0.2) is 11.2 Å². The summed E-state index contributed by atoms with van der Waals surface area (Å²) in [7, 11) is 0. The SMILES string of the molecule is CC.CCCC(O)Cc1ccco1. The Labute approximate surface area is 80.6 Å². The molecule has 0 amide bonds. The van der Waals surface area contributed by atoms with Crippen molar-refractivity contribution in [3.8, 4) is 0 Å². The lowest BCUT2D eigenvalue weighted by Crippen LogP contribution is -2.08. The van der Waals surface area contributed by atoms with Crippen molar-refractivity contribution in [1.29, 1.82) is 0 Å². The zero-order valence-electron chi connectivity index (χ0n) is 8.79. The predicted molar refractivity (Wildman–Crippen MR) is 54.7 cm³/mol. The minimum atomic E-state index is -0.244. The van der Waals surface area contributed by atoms with Crippen LogP contribution in [0.1, 0.15) is 39.4 Å². The third kappa shape index (κ3) is 5.47. The topological polar surface area (TPSA) is 33.4 Å². The van der Waals surface area contributed by atoms with Crippen LogP contribution in [0.5, 0.6) is 0 Å². The Bertz CT molecular complexity index is 180. The maximum Gasteiger partial charge on any atom is 0.106 e. The Balaban J connectivity index is 0.000000671. The van der Waals surface area contributed by atoms with Crippen molar-refractivity contribution >= 4 is 0 Å². The van der Waals surface area contributed by atoms with Crippen LogP contribution >= 0.6 is 0 Å². The Morgan fingerprint density at radius 1 is 1.46 bits per heavy atom. The van der Waals surface area contributed by atoms with Gasteiger partial charge in [-0.1, -0.05) is 27.2 Å². The fourth-order valence-electron chi connectivity index (χ4n) is 1.10. The van der Waals surface area contributed by atoms with Crippen molar-refractivity contribution in [1.82, 2.24) is 0 Å². The zero-order valence-corrected chi connectivity index (χ0v) is 8.79. The van der Waals surface area contributed by atoms with Crippen molar-refractivity contribution in [3.63, 3.8) is 0 Å². The zero-order chi connectivity index (χ0) is 10.1. The van der Waals surface area contributed by atoms with Crippen molar-refractivity contribution in [2.75, 3.05) is 0 Å². The Hall–Kier alpha value is -0.760. The van der Waals surface area contributed by atoms with Gasteiger partial charge in [0.05, 0.1) is 12.4 Å². The van der Waals surface area contributed by atoms with Gasteiger partial charge >= 0.3 is 0 Å². The second kappa shape index (κ2) is 7.87. The van der Waals surface area contributed by atoms with Crippen LogP contribution in [0.15, 0.2) is 22.8 Å². The number of aliphatic hydroxyl groups excluding tert-OH is 1. The average Bonchev–Trinajstić information content (AvgIpc) is 2.61. The summed E-state index contributed by atoms with van der Waals surface area (Å²) in [5.74, 6) is 0.867. The van der Waals surface area contributed by atoms with E-state index in [2.05, 4.69) is 6.92 Å². The minimum absolute atomic E-state index is 0.244. The van der Waals surface area contributed by atoms with Gasteiger partial charge in [-0.05, 0) is 18.6 Å². The van der Waals surface area contributed by atoms with Gasteiger partial charge in [0, 0.05) is 6.42 Å². The molecule has 1 atom stereocenters. The lowest BCUT2D eigenvalue weighted by Gasteiger charge is -2.05. The van der Waals surface area contributed by atoms with E-state index in [9.17, 15) is 5.11 Å². The molecule has 1 unspecified atom stereocenters. The molecule has 0 saturated heterocycles. The molecule has 1 rings (SSSR count). The summed E-state index contributed by atoms with van der Waals surface area (Å²) in [6.07, 6.45) is 3.89. The van der Waals surface area contributed by atoms with E-state index < -0.39 is 0 Å². The molecule has 1 N–H and O–H groups in total. The maximum atomic E-state index is 9.36. The second-order valence-electron chi connectivity index (χ2n) is 2.73. The van der Waals surface area contributed by atoms with E-state index in [-0.39, 0.29) is 6.10 Å². The summed E-state index contributed by atoms with van der Waals surface area (Å²) < 4.78 is 5.09. The quantitative estimate of drug-likeness (QED) is 0.780. The molecule has 1 aromatic heterocycles. The molecule has 0 aromatic carbocycles. The Kier molecular flexibility index (Phi) is 7.41. The van der Waals surface area contributed by atoms with Gasteiger partial charge < -0.3 is 9.52 Å². The summed E-state index contributed by atoms with van der Waals surface area (Å²) in [5.41, 5.74) is 0. The van der Waals surface area contributed by atoms with E-state index >= 15 is 0 Å². The monoisotopic (exact) mass is 184 g/mol. The molecule has 0 aliphatic rings. The number of aliphatic hydroxyl groups is 1. The van der Waals surface area contributed by atoms with Crippen LogP contribution in [0.2, 0.25) is 0 Å². The van der Waals surface area contributed by atoms with E-state index in [0.717, 1.165) is 18.6 Å². The maximum absolute atomic E-state index is 9.36. The lowest BCUT2D eigenvalue weighted by atomic mass is 10.1. The molecule has 0 radical (unpaired) electrons. The molecule has 76 valence electrons. The van der Waals surface area contributed by atoms with Gasteiger partial charge in [0.25, 0.3) is 0 Å². The normalized spacial score (nSPS) is 11.7. The van der Waals surface area contributed by atoms with Crippen LogP contribution in [0, 0.1) is 0 Å². The van der Waals surface area contributed by atoms with Gasteiger partial charge in [0.15, 0.2) is 0 Å². The summed E-state index contributed by atoms with van der Waals surface area (Å²) in [5, 5.41) is 9.36. The highest BCUT2D eigenvalue weighted by molar-refractivity contribution is 4.99. The van der Waals surface area contributed by atoms with E-state index in [0.29, 0.717) is 6.42 Å². The molecular formula is C11H20O2. The molecule has 1 aromatic rings. The van der Waals surface area contributed by atoms with Crippen molar-refractivity contribution in [3.05, 3.63) is 24.2 Å². The Morgan fingerprint density at radius 3 is 2.62 bits per heavy atom. The first kappa shape index (κ1) is 12.2. The van der Waals surface area contributed by atoms with Crippen molar-refractivity contribution in [2.24, 2.45) is 0 Å². The van der Waals surface area contributed by atoms with Gasteiger partial charge in [-0.2, -0.15) is 0 Å². The van der Waals surface area contributed by atoms with Gasteiger partial charge in [-0.3, -0.25) is 0 Å². The van der Waals surface area contributed by atoms with Gasteiger partial charge in [-0.15, -0.1) is 0 Å². The predicted octanol–water partition coefficient (Wildman–Crippen LogP) is 3.01. The molecule has 0 aliphatic carbocycles. The number of rotatable bonds is 4. The molecule has 2 nitrogen and oxygen atoms in total. The van der Waals surface area contributed by atoms with Gasteiger partial charge in [-0.25, -0.2) is 0 Å². The summed E-state index contributed by atoms with van der Waals surface area (Å²) in [4.78, 5) is 0. The van der Waals surface area contributed by atoms with Crippen LogP contribution in [-0.2, 0) is 6.42 Å². The molecule has 0 bridgehead atoms. The fraction of sp³-hybridized carbons (Fsp3) is 0.636. The molecule has 0 spiro atoms. The first-order chi connectivity index (χ1) is 6.33. The summed E-state index contributed by atoms with van der Waals surface area (Å²) in [6.45, 7) is 6.06. The highest BCUT2D eigenvalue weighted by atomic mass is 16.3. The van der Waals surface area contributed by atoms with E-state index in [1.807, 2.05) is 26.0 Å². The van der Waals surface area contributed by atoms with E-state index in [1.54, 1.807) is 6.26 Å². The Morgan fingerprint density at radius 2 is 2.15 bits per heavy atom. The summed E-state index contributed by atoms with van der Waals surface area (Å²) >= 11 is 0.